The number of aliphatic carboxylic acids is 1. The van der Waals surface area contributed by atoms with Gasteiger partial charge in [0.2, 0.25) is 0 Å². The van der Waals surface area contributed by atoms with Gasteiger partial charge in [0.15, 0.2) is 5.13 Å². The number of aryl methyl sites for hydroxylation is 1. The SMILES string of the molecule is Cc1ccc(S(=O)(=O)Nc2nc(C3CC(CC(=O)O)C3(C)C)cs2)cc1. The Bertz CT molecular complexity index is 917. The molecule has 0 radical (unpaired) electrons. The van der Waals surface area contributed by atoms with Crippen LogP contribution in [0.5, 0.6) is 0 Å². The third-order valence-electron chi connectivity index (χ3n) is 5.32. The minimum Gasteiger partial charge on any atom is -0.481 e. The number of hydrogen-bond acceptors (Lipinski definition) is 5. The molecule has 1 heterocycles. The zero-order valence-electron chi connectivity index (χ0n) is 14.9. The van der Waals surface area contributed by atoms with Crippen LogP contribution in [0, 0.1) is 18.3 Å². The molecule has 2 aromatic rings. The van der Waals surface area contributed by atoms with E-state index in [-0.39, 0.29) is 28.6 Å². The summed E-state index contributed by atoms with van der Waals surface area (Å²) >= 11 is 1.25. The summed E-state index contributed by atoms with van der Waals surface area (Å²) in [4.78, 5) is 15.6. The Labute approximate surface area is 157 Å². The van der Waals surface area contributed by atoms with Crippen molar-refractivity contribution in [2.75, 3.05) is 4.72 Å². The Morgan fingerprint density at radius 2 is 2.00 bits per heavy atom. The molecule has 140 valence electrons. The van der Waals surface area contributed by atoms with Gasteiger partial charge in [0.1, 0.15) is 0 Å². The summed E-state index contributed by atoms with van der Waals surface area (Å²) in [6, 6.07) is 6.64. The van der Waals surface area contributed by atoms with Crippen LogP contribution in [0.4, 0.5) is 5.13 Å². The van der Waals surface area contributed by atoms with Gasteiger partial charge < -0.3 is 5.11 Å². The number of nitrogens with one attached hydrogen (secondary N) is 1. The number of sulfonamides is 1. The summed E-state index contributed by atoms with van der Waals surface area (Å²) < 4.78 is 27.5. The summed E-state index contributed by atoms with van der Waals surface area (Å²) in [5.41, 5.74) is 1.64. The van der Waals surface area contributed by atoms with Crippen LogP contribution in [0.2, 0.25) is 0 Å². The van der Waals surface area contributed by atoms with Crippen molar-refractivity contribution in [3.63, 3.8) is 0 Å². The van der Waals surface area contributed by atoms with Crippen LogP contribution >= 0.6 is 11.3 Å². The summed E-state index contributed by atoms with van der Waals surface area (Å²) in [7, 11) is -3.67. The molecule has 1 aliphatic rings. The fourth-order valence-electron chi connectivity index (χ4n) is 3.46. The van der Waals surface area contributed by atoms with Gasteiger partial charge in [0.05, 0.1) is 10.6 Å². The number of aromatic nitrogens is 1. The number of carboxylic acids is 1. The van der Waals surface area contributed by atoms with Gasteiger partial charge in [-0.05, 0) is 36.8 Å². The van der Waals surface area contributed by atoms with Crippen LogP contribution in [0.15, 0.2) is 34.5 Å². The molecule has 3 rings (SSSR count). The van der Waals surface area contributed by atoms with Crippen LogP contribution in [0.3, 0.4) is 0 Å². The minimum atomic E-state index is -3.67. The second-order valence-electron chi connectivity index (χ2n) is 7.40. The first-order chi connectivity index (χ1) is 12.1. The molecular weight excluding hydrogens is 372 g/mol. The van der Waals surface area contributed by atoms with Crippen molar-refractivity contribution >= 4 is 32.5 Å². The van der Waals surface area contributed by atoms with Gasteiger partial charge in [-0.15, -0.1) is 11.3 Å². The van der Waals surface area contributed by atoms with E-state index in [1.54, 1.807) is 24.3 Å². The third kappa shape index (κ3) is 3.61. The predicted molar refractivity (Wildman–Crippen MR) is 101 cm³/mol. The molecule has 1 aromatic heterocycles. The number of carboxylic acid groups (broad SMARTS) is 1. The molecule has 8 heteroatoms. The van der Waals surface area contributed by atoms with E-state index in [1.807, 2.05) is 26.2 Å². The van der Waals surface area contributed by atoms with E-state index in [0.29, 0.717) is 5.13 Å². The summed E-state index contributed by atoms with van der Waals surface area (Å²) in [5, 5.41) is 11.2. The van der Waals surface area contributed by atoms with E-state index >= 15 is 0 Å². The van der Waals surface area contributed by atoms with Crippen LogP contribution < -0.4 is 4.72 Å². The molecular formula is C18H22N2O4S2. The van der Waals surface area contributed by atoms with E-state index < -0.39 is 16.0 Å². The Hall–Kier alpha value is -1.93. The fraction of sp³-hybridized carbons (Fsp3) is 0.444. The van der Waals surface area contributed by atoms with Gasteiger partial charge in [-0.25, -0.2) is 13.4 Å². The first-order valence-electron chi connectivity index (χ1n) is 8.36. The average molecular weight is 395 g/mol. The molecule has 6 nitrogen and oxygen atoms in total. The van der Waals surface area contributed by atoms with Crippen molar-refractivity contribution in [3.05, 3.63) is 40.9 Å². The van der Waals surface area contributed by atoms with Crippen molar-refractivity contribution in [2.45, 2.75) is 44.4 Å². The first kappa shape index (κ1) is 18.8. The first-order valence-corrected chi connectivity index (χ1v) is 10.7. The zero-order chi connectivity index (χ0) is 19.1. The fourth-order valence-corrected chi connectivity index (χ4v) is 5.48. The van der Waals surface area contributed by atoms with Crippen LogP contribution in [-0.2, 0) is 14.8 Å². The number of anilines is 1. The predicted octanol–water partition coefficient (Wildman–Crippen LogP) is 3.86. The lowest BCUT2D eigenvalue weighted by Gasteiger charge is -2.51. The highest BCUT2D eigenvalue weighted by molar-refractivity contribution is 7.93. The topological polar surface area (TPSA) is 96.4 Å². The van der Waals surface area contributed by atoms with Crippen molar-refractivity contribution in [3.8, 4) is 0 Å². The summed E-state index contributed by atoms with van der Waals surface area (Å²) in [5.74, 6) is -0.536. The highest BCUT2D eigenvalue weighted by Gasteiger charge is 2.50. The standard InChI is InChI=1S/C18H22N2O4S2/c1-11-4-6-13(7-5-11)26(23,24)20-17-19-15(10-25-17)14-8-12(9-16(21)22)18(14,2)3/h4-7,10,12,14H,8-9H2,1-3H3,(H,19,20)(H,21,22). The van der Waals surface area contributed by atoms with Gasteiger partial charge in [-0.3, -0.25) is 9.52 Å². The van der Waals surface area contributed by atoms with E-state index in [4.69, 9.17) is 5.11 Å². The molecule has 2 N–H and O–H groups in total. The Morgan fingerprint density at radius 3 is 2.58 bits per heavy atom. The van der Waals surface area contributed by atoms with Crippen LogP contribution in [0.25, 0.3) is 0 Å². The maximum atomic E-state index is 12.5. The van der Waals surface area contributed by atoms with E-state index in [1.165, 1.54) is 11.3 Å². The van der Waals surface area contributed by atoms with Crippen LogP contribution in [0.1, 0.15) is 43.9 Å². The number of rotatable bonds is 6. The number of carbonyl (C=O) groups is 1. The monoisotopic (exact) mass is 394 g/mol. The van der Waals surface area contributed by atoms with Crippen LogP contribution in [-0.4, -0.2) is 24.5 Å². The molecule has 0 spiro atoms. The lowest BCUT2D eigenvalue weighted by Crippen LogP contribution is -2.44. The number of nitrogens with zero attached hydrogens (tertiary/aromatic N) is 1. The number of benzene rings is 1. The summed E-state index contributed by atoms with van der Waals surface area (Å²) in [6.07, 6.45) is 0.910. The quantitative estimate of drug-likeness (QED) is 0.775. The molecule has 0 amide bonds. The smallest absolute Gasteiger partial charge is 0.303 e. The van der Waals surface area contributed by atoms with Crippen molar-refractivity contribution < 1.29 is 18.3 Å². The molecule has 0 bridgehead atoms. The Balaban J connectivity index is 1.73. The van der Waals surface area contributed by atoms with Gasteiger partial charge in [0, 0.05) is 17.7 Å². The van der Waals surface area contributed by atoms with Crippen molar-refractivity contribution in [2.24, 2.45) is 11.3 Å². The molecule has 26 heavy (non-hydrogen) atoms. The van der Waals surface area contributed by atoms with Gasteiger partial charge in [0.25, 0.3) is 10.0 Å². The summed E-state index contributed by atoms with van der Waals surface area (Å²) in [6.45, 7) is 5.99. The number of thiazole rings is 1. The third-order valence-corrected chi connectivity index (χ3v) is 7.58. The lowest BCUT2D eigenvalue weighted by molar-refractivity contribution is -0.141. The Kier molecular flexibility index (Phi) is 4.83. The van der Waals surface area contributed by atoms with Gasteiger partial charge >= 0.3 is 5.97 Å². The van der Waals surface area contributed by atoms with Gasteiger partial charge in [-0.1, -0.05) is 31.5 Å². The molecule has 1 saturated carbocycles. The van der Waals surface area contributed by atoms with Crippen molar-refractivity contribution in [1.82, 2.24) is 4.98 Å². The molecule has 0 saturated heterocycles. The molecule has 1 fully saturated rings. The maximum Gasteiger partial charge on any atom is 0.303 e. The molecule has 2 atom stereocenters. The molecule has 1 aromatic carbocycles. The molecule has 0 aliphatic heterocycles. The zero-order valence-corrected chi connectivity index (χ0v) is 16.5. The van der Waals surface area contributed by atoms with E-state index in [9.17, 15) is 13.2 Å². The molecule has 1 aliphatic carbocycles. The Morgan fingerprint density at radius 1 is 1.35 bits per heavy atom. The van der Waals surface area contributed by atoms with E-state index in [0.717, 1.165) is 17.7 Å². The van der Waals surface area contributed by atoms with Crippen molar-refractivity contribution in [1.29, 1.82) is 0 Å². The van der Waals surface area contributed by atoms with E-state index in [2.05, 4.69) is 9.71 Å². The number of hydrogen-bond donors (Lipinski definition) is 2. The minimum absolute atomic E-state index is 0.111. The normalized spacial score (nSPS) is 21.8. The average Bonchev–Trinajstić information content (AvgIpc) is 2.98. The molecule has 2 unspecified atom stereocenters. The second kappa shape index (κ2) is 6.66. The van der Waals surface area contributed by atoms with Gasteiger partial charge in [-0.2, -0.15) is 0 Å². The maximum absolute atomic E-state index is 12.5. The highest BCUT2D eigenvalue weighted by atomic mass is 32.2. The highest BCUT2D eigenvalue weighted by Crippen LogP contribution is 2.58. The second-order valence-corrected chi connectivity index (χ2v) is 9.94. The lowest BCUT2D eigenvalue weighted by atomic mass is 9.53. The largest absolute Gasteiger partial charge is 0.481 e.